The van der Waals surface area contributed by atoms with E-state index in [2.05, 4.69) is 24.4 Å². The van der Waals surface area contributed by atoms with Gasteiger partial charge in [0.2, 0.25) is 0 Å². The Bertz CT molecular complexity index is 281. The number of rotatable bonds is 7. The first-order valence-electron chi connectivity index (χ1n) is 6.06. The van der Waals surface area contributed by atoms with Crippen molar-refractivity contribution in [3.63, 3.8) is 0 Å². The Morgan fingerprint density at radius 1 is 1.19 bits per heavy atom. The number of benzene rings is 1. The predicted molar refractivity (Wildman–Crippen MR) is 69.1 cm³/mol. The van der Waals surface area contributed by atoms with Gasteiger partial charge in [-0.1, -0.05) is 18.6 Å². The molecule has 0 saturated carbocycles. The summed E-state index contributed by atoms with van der Waals surface area (Å²) >= 11 is 0. The third-order valence-corrected chi connectivity index (χ3v) is 3.00. The number of ether oxygens (including phenoxy) is 1. The number of hydrogen-bond acceptors (Lipinski definition) is 2. The molecule has 1 rings (SSSR count). The van der Waals surface area contributed by atoms with Gasteiger partial charge < -0.3 is 10.1 Å². The molecule has 90 valence electrons. The van der Waals surface area contributed by atoms with E-state index in [4.69, 9.17) is 4.74 Å². The lowest BCUT2D eigenvalue weighted by Crippen LogP contribution is -2.20. The van der Waals surface area contributed by atoms with Crippen LogP contribution in [0.15, 0.2) is 24.3 Å². The number of methoxy groups -OCH3 is 1. The molecular formula is C14H23NO. The first-order chi connectivity index (χ1) is 7.76. The maximum Gasteiger partial charge on any atom is 0.118 e. The van der Waals surface area contributed by atoms with Crippen LogP contribution in [0.25, 0.3) is 0 Å². The molecule has 0 heterocycles. The number of nitrogens with one attached hydrogen (secondary N) is 1. The maximum atomic E-state index is 5.13. The van der Waals surface area contributed by atoms with Gasteiger partial charge in [-0.05, 0) is 50.9 Å². The second-order valence-corrected chi connectivity index (χ2v) is 4.28. The van der Waals surface area contributed by atoms with Crippen molar-refractivity contribution in [3.05, 3.63) is 29.8 Å². The van der Waals surface area contributed by atoms with Gasteiger partial charge in [-0.15, -0.1) is 0 Å². The molecule has 1 unspecified atom stereocenters. The molecule has 1 N–H and O–H groups in total. The molecule has 0 bridgehead atoms. The van der Waals surface area contributed by atoms with Crippen LogP contribution in [0.1, 0.15) is 31.7 Å². The van der Waals surface area contributed by atoms with Crippen LogP contribution in [0.4, 0.5) is 0 Å². The van der Waals surface area contributed by atoms with Crippen LogP contribution in [0.3, 0.4) is 0 Å². The van der Waals surface area contributed by atoms with Crippen LogP contribution in [0, 0.1) is 0 Å². The molecule has 1 atom stereocenters. The Balaban J connectivity index is 2.21. The Labute approximate surface area is 99.0 Å². The molecule has 2 heteroatoms. The highest BCUT2D eigenvalue weighted by atomic mass is 16.5. The van der Waals surface area contributed by atoms with Gasteiger partial charge in [0.05, 0.1) is 7.11 Å². The summed E-state index contributed by atoms with van der Waals surface area (Å²) in [6, 6.07) is 9.01. The fraction of sp³-hybridized carbons (Fsp3) is 0.571. The summed E-state index contributed by atoms with van der Waals surface area (Å²) in [4.78, 5) is 0. The van der Waals surface area contributed by atoms with E-state index in [0.717, 1.165) is 5.75 Å². The minimum Gasteiger partial charge on any atom is -0.497 e. The van der Waals surface area contributed by atoms with E-state index in [1.807, 2.05) is 19.2 Å². The molecule has 0 saturated heterocycles. The van der Waals surface area contributed by atoms with Gasteiger partial charge in [0, 0.05) is 6.04 Å². The van der Waals surface area contributed by atoms with Crippen LogP contribution >= 0.6 is 0 Å². The van der Waals surface area contributed by atoms with Crippen molar-refractivity contribution in [2.24, 2.45) is 0 Å². The smallest absolute Gasteiger partial charge is 0.118 e. The summed E-state index contributed by atoms with van der Waals surface area (Å²) in [6.45, 7) is 2.23. The van der Waals surface area contributed by atoms with Crippen molar-refractivity contribution in [1.29, 1.82) is 0 Å². The molecule has 0 aliphatic carbocycles. The SMILES string of the molecule is CNC(C)CCCCc1ccc(OC)cc1. The van der Waals surface area contributed by atoms with Gasteiger partial charge in [-0.3, -0.25) is 0 Å². The fourth-order valence-corrected chi connectivity index (χ4v) is 1.72. The molecule has 0 amide bonds. The Hall–Kier alpha value is -1.02. The van der Waals surface area contributed by atoms with Gasteiger partial charge in [-0.25, -0.2) is 0 Å². The Morgan fingerprint density at radius 2 is 1.88 bits per heavy atom. The van der Waals surface area contributed by atoms with E-state index < -0.39 is 0 Å². The van der Waals surface area contributed by atoms with E-state index in [0.29, 0.717) is 6.04 Å². The second kappa shape index (κ2) is 7.29. The lowest BCUT2D eigenvalue weighted by Gasteiger charge is -2.09. The zero-order chi connectivity index (χ0) is 11.8. The van der Waals surface area contributed by atoms with Crippen molar-refractivity contribution in [2.45, 2.75) is 38.6 Å². The van der Waals surface area contributed by atoms with Crippen molar-refractivity contribution >= 4 is 0 Å². The predicted octanol–water partition coefficient (Wildman–Crippen LogP) is 3.02. The van der Waals surface area contributed by atoms with Crippen LogP contribution in [-0.4, -0.2) is 20.2 Å². The normalized spacial score (nSPS) is 12.4. The van der Waals surface area contributed by atoms with Crippen LogP contribution in [0.2, 0.25) is 0 Å². The first kappa shape index (κ1) is 13.0. The Morgan fingerprint density at radius 3 is 2.44 bits per heavy atom. The van der Waals surface area contributed by atoms with E-state index in [1.54, 1.807) is 7.11 Å². The lowest BCUT2D eigenvalue weighted by molar-refractivity contribution is 0.414. The van der Waals surface area contributed by atoms with Gasteiger partial charge in [0.25, 0.3) is 0 Å². The van der Waals surface area contributed by atoms with Crippen molar-refractivity contribution in [3.8, 4) is 5.75 Å². The van der Waals surface area contributed by atoms with E-state index in [1.165, 1.54) is 31.2 Å². The van der Waals surface area contributed by atoms with Gasteiger partial charge in [0.1, 0.15) is 5.75 Å². The van der Waals surface area contributed by atoms with E-state index >= 15 is 0 Å². The van der Waals surface area contributed by atoms with Crippen molar-refractivity contribution < 1.29 is 4.74 Å². The topological polar surface area (TPSA) is 21.3 Å². The second-order valence-electron chi connectivity index (χ2n) is 4.28. The van der Waals surface area contributed by atoms with Gasteiger partial charge in [-0.2, -0.15) is 0 Å². The monoisotopic (exact) mass is 221 g/mol. The van der Waals surface area contributed by atoms with Gasteiger partial charge >= 0.3 is 0 Å². The average Bonchev–Trinajstić information content (AvgIpc) is 2.35. The Kier molecular flexibility index (Phi) is 5.94. The molecule has 1 aromatic carbocycles. The summed E-state index contributed by atoms with van der Waals surface area (Å²) in [5, 5.41) is 3.26. The van der Waals surface area contributed by atoms with Crippen molar-refractivity contribution in [1.82, 2.24) is 5.32 Å². The molecule has 0 aliphatic rings. The van der Waals surface area contributed by atoms with Crippen LogP contribution in [0.5, 0.6) is 5.75 Å². The third kappa shape index (κ3) is 4.67. The fourth-order valence-electron chi connectivity index (χ4n) is 1.72. The summed E-state index contributed by atoms with van der Waals surface area (Å²) < 4.78 is 5.13. The van der Waals surface area contributed by atoms with E-state index in [9.17, 15) is 0 Å². The minimum absolute atomic E-state index is 0.635. The van der Waals surface area contributed by atoms with E-state index in [-0.39, 0.29) is 0 Å². The van der Waals surface area contributed by atoms with Crippen LogP contribution in [-0.2, 0) is 6.42 Å². The highest BCUT2D eigenvalue weighted by Gasteiger charge is 1.98. The number of unbranched alkanes of at least 4 members (excludes halogenated alkanes) is 1. The molecule has 2 nitrogen and oxygen atoms in total. The minimum atomic E-state index is 0.635. The van der Waals surface area contributed by atoms with Crippen LogP contribution < -0.4 is 10.1 Å². The number of aryl methyl sites for hydroxylation is 1. The molecule has 0 radical (unpaired) electrons. The first-order valence-corrected chi connectivity index (χ1v) is 6.06. The molecule has 16 heavy (non-hydrogen) atoms. The zero-order valence-corrected chi connectivity index (χ0v) is 10.6. The number of hydrogen-bond donors (Lipinski definition) is 1. The molecular weight excluding hydrogens is 198 g/mol. The molecule has 1 aromatic rings. The highest BCUT2D eigenvalue weighted by molar-refractivity contribution is 5.27. The molecule has 0 aliphatic heterocycles. The summed E-state index contributed by atoms with van der Waals surface area (Å²) in [7, 11) is 3.72. The summed E-state index contributed by atoms with van der Waals surface area (Å²) in [6.07, 6.45) is 4.97. The lowest BCUT2D eigenvalue weighted by atomic mass is 10.0. The highest BCUT2D eigenvalue weighted by Crippen LogP contribution is 2.13. The average molecular weight is 221 g/mol. The molecule has 0 fully saturated rings. The summed E-state index contributed by atoms with van der Waals surface area (Å²) in [5.41, 5.74) is 1.40. The quantitative estimate of drug-likeness (QED) is 0.715. The largest absolute Gasteiger partial charge is 0.497 e. The molecule has 0 aromatic heterocycles. The zero-order valence-electron chi connectivity index (χ0n) is 10.6. The molecule has 0 spiro atoms. The maximum absolute atomic E-state index is 5.13. The standard InChI is InChI=1S/C14H23NO/c1-12(15-2)6-4-5-7-13-8-10-14(16-3)11-9-13/h8-12,15H,4-7H2,1-3H3. The third-order valence-electron chi connectivity index (χ3n) is 3.00. The van der Waals surface area contributed by atoms with Crippen molar-refractivity contribution in [2.75, 3.05) is 14.2 Å². The summed E-state index contributed by atoms with van der Waals surface area (Å²) in [5.74, 6) is 0.938. The van der Waals surface area contributed by atoms with Gasteiger partial charge in [0.15, 0.2) is 0 Å².